The summed E-state index contributed by atoms with van der Waals surface area (Å²) >= 11 is 5.86. The molecule has 35 heavy (non-hydrogen) atoms. The van der Waals surface area contributed by atoms with Crippen molar-refractivity contribution in [2.45, 2.75) is 44.8 Å². The zero-order valence-corrected chi connectivity index (χ0v) is 20.1. The number of halogens is 1. The molecule has 2 aliphatic rings. The van der Waals surface area contributed by atoms with Crippen LogP contribution in [-0.2, 0) is 16.2 Å². The quantitative estimate of drug-likeness (QED) is 0.418. The smallest absolute Gasteiger partial charge is 0.325 e. The number of hydrazine groups is 1. The Morgan fingerprint density at radius 3 is 2.49 bits per heavy atom. The lowest BCUT2D eigenvalue weighted by Crippen LogP contribution is -2.54. The van der Waals surface area contributed by atoms with E-state index in [9.17, 15) is 19.2 Å². The van der Waals surface area contributed by atoms with Crippen molar-refractivity contribution >= 4 is 35.4 Å². The molecule has 2 atom stereocenters. The van der Waals surface area contributed by atoms with Crippen LogP contribution in [-0.4, -0.2) is 40.7 Å². The number of carbonyl (C=O) groups is 4. The highest BCUT2D eigenvalue weighted by Gasteiger charge is 2.55. The van der Waals surface area contributed by atoms with E-state index < -0.39 is 29.9 Å². The van der Waals surface area contributed by atoms with Crippen LogP contribution in [0.4, 0.5) is 4.79 Å². The van der Waals surface area contributed by atoms with Crippen LogP contribution < -0.4 is 20.9 Å². The number of hydrogen-bond acceptors (Lipinski definition) is 5. The van der Waals surface area contributed by atoms with E-state index in [2.05, 4.69) is 16.2 Å². The summed E-state index contributed by atoms with van der Waals surface area (Å²) in [5.74, 6) is -0.908. The lowest BCUT2D eigenvalue weighted by Gasteiger charge is -2.36. The molecule has 9 nitrogen and oxygen atoms in total. The molecule has 2 unspecified atom stereocenters. The van der Waals surface area contributed by atoms with Crippen molar-refractivity contribution in [1.82, 2.24) is 21.1 Å². The normalized spacial score (nSPS) is 21.5. The Morgan fingerprint density at radius 2 is 1.80 bits per heavy atom. The first kappa shape index (κ1) is 24.5. The van der Waals surface area contributed by atoms with E-state index in [1.54, 1.807) is 48.5 Å². The maximum Gasteiger partial charge on any atom is 0.325 e. The molecule has 10 heteroatoms. The Hall–Kier alpha value is -3.59. The van der Waals surface area contributed by atoms with E-state index in [0.717, 1.165) is 29.7 Å². The van der Waals surface area contributed by atoms with Gasteiger partial charge in [-0.3, -0.25) is 30.1 Å². The minimum absolute atomic E-state index is 0.0000239. The molecule has 5 amide bonds. The largest absolute Gasteiger partial charge is 0.489 e. The van der Waals surface area contributed by atoms with Gasteiger partial charge in [-0.2, -0.15) is 0 Å². The number of benzene rings is 2. The third kappa shape index (κ3) is 5.40. The van der Waals surface area contributed by atoms with Crippen LogP contribution in [0.15, 0.2) is 48.5 Å². The molecule has 1 spiro atoms. The van der Waals surface area contributed by atoms with Gasteiger partial charge in [0.1, 0.15) is 24.4 Å². The Balaban J connectivity index is 1.26. The molecule has 2 fully saturated rings. The molecule has 4 rings (SSSR count). The predicted octanol–water partition coefficient (Wildman–Crippen LogP) is 3.18. The van der Waals surface area contributed by atoms with Crippen molar-refractivity contribution in [3.63, 3.8) is 0 Å². The second kappa shape index (κ2) is 10.4. The van der Waals surface area contributed by atoms with Gasteiger partial charge in [0.25, 0.3) is 17.7 Å². The van der Waals surface area contributed by atoms with Crippen LogP contribution in [0.1, 0.15) is 48.5 Å². The lowest BCUT2D eigenvalue weighted by atomic mass is 9.73. The molecule has 0 aromatic heterocycles. The van der Waals surface area contributed by atoms with E-state index in [4.69, 9.17) is 16.3 Å². The summed E-state index contributed by atoms with van der Waals surface area (Å²) in [4.78, 5) is 51.0. The van der Waals surface area contributed by atoms with Gasteiger partial charge in [-0.25, -0.2) is 4.79 Å². The number of nitrogens with zero attached hydrogens (tertiary/aromatic N) is 1. The zero-order chi connectivity index (χ0) is 25.0. The molecule has 0 radical (unpaired) electrons. The molecule has 3 N–H and O–H groups in total. The number of ether oxygens (including phenoxy) is 1. The van der Waals surface area contributed by atoms with Crippen LogP contribution in [0.5, 0.6) is 5.75 Å². The average molecular weight is 499 g/mol. The Labute approximate surface area is 208 Å². The molecule has 184 valence electrons. The third-order valence-electron chi connectivity index (χ3n) is 6.55. The van der Waals surface area contributed by atoms with Crippen LogP contribution in [0.3, 0.4) is 0 Å². The molecular formula is C25H27ClN4O5. The van der Waals surface area contributed by atoms with E-state index in [1.807, 2.05) is 6.92 Å². The summed E-state index contributed by atoms with van der Waals surface area (Å²) in [7, 11) is 0. The molecule has 2 aromatic rings. The van der Waals surface area contributed by atoms with Crippen LogP contribution >= 0.6 is 11.6 Å². The molecule has 1 saturated carbocycles. The fraction of sp³-hybridized carbons (Fsp3) is 0.360. The second-order valence-electron chi connectivity index (χ2n) is 8.88. The van der Waals surface area contributed by atoms with Gasteiger partial charge < -0.3 is 10.1 Å². The van der Waals surface area contributed by atoms with Crippen molar-refractivity contribution in [1.29, 1.82) is 0 Å². The minimum atomic E-state index is -0.933. The number of amides is 5. The molecule has 0 bridgehead atoms. The first-order valence-electron chi connectivity index (χ1n) is 11.5. The van der Waals surface area contributed by atoms with Gasteiger partial charge in [0.2, 0.25) is 0 Å². The van der Waals surface area contributed by atoms with Gasteiger partial charge in [0, 0.05) is 10.6 Å². The number of carbonyl (C=O) groups excluding carboxylic acids is 4. The average Bonchev–Trinajstić information content (AvgIpc) is 3.09. The molecule has 2 aromatic carbocycles. The molecule has 1 aliphatic heterocycles. The van der Waals surface area contributed by atoms with Crippen molar-refractivity contribution in [3.05, 3.63) is 64.7 Å². The van der Waals surface area contributed by atoms with Gasteiger partial charge >= 0.3 is 6.03 Å². The minimum Gasteiger partial charge on any atom is -0.489 e. The molecule has 1 aliphatic carbocycles. The van der Waals surface area contributed by atoms with Crippen LogP contribution in [0.2, 0.25) is 5.02 Å². The SMILES string of the molecule is CC1CCCCC12NC(=O)N(CC(=O)NNC(=O)c1ccc(COc3ccc(Cl)cc3)cc1)C2=O. The summed E-state index contributed by atoms with van der Waals surface area (Å²) in [5.41, 5.74) is 4.83. The van der Waals surface area contributed by atoms with Gasteiger partial charge in [-0.15, -0.1) is 0 Å². The van der Waals surface area contributed by atoms with Crippen LogP contribution in [0, 0.1) is 5.92 Å². The summed E-state index contributed by atoms with van der Waals surface area (Å²) in [6.45, 7) is 1.78. The number of hydrogen-bond donors (Lipinski definition) is 3. The fourth-order valence-electron chi connectivity index (χ4n) is 4.47. The van der Waals surface area contributed by atoms with Crippen molar-refractivity contribution in [2.24, 2.45) is 5.92 Å². The zero-order valence-electron chi connectivity index (χ0n) is 19.3. The van der Waals surface area contributed by atoms with Crippen LogP contribution in [0.25, 0.3) is 0 Å². The first-order chi connectivity index (χ1) is 16.8. The predicted molar refractivity (Wildman–Crippen MR) is 128 cm³/mol. The highest BCUT2D eigenvalue weighted by Crippen LogP contribution is 2.38. The number of nitrogens with one attached hydrogen (secondary N) is 3. The van der Waals surface area contributed by atoms with Crippen molar-refractivity contribution in [3.8, 4) is 5.75 Å². The number of rotatable bonds is 6. The highest BCUT2D eigenvalue weighted by atomic mass is 35.5. The Bertz CT molecular complexity index is 1120. The van der Waals surface area contributed by atoms with Crippen molar-refractivity contribution < 1.29 is 23.9 Å². The fourth-order valence-corrected chi connectivity index (χ4v) is 4.60. The lowest BCUT2D eigenvalue weighted by molar-refractivity contribution is -0.137. The summed E-state index contributed by atoms with van der Waals surface area (Å²) in [6.07, 6.45) is 3.26. The first-order valence-corrected chi connectivity index (χ1v) is 11.9. The third-order valence-corrected chi connectivity index (χ3v) is 6.81. The molecule has 1 heterocycles. The maximum atomic E-state index is 12.9. The highest BCUT2D eigenvalue weighted by molar-refractivity contribution is 6.30. The van der Waals surface area contributed by atoms with E-state index in [-0.39, 0.29) is 11.8 Å². The number of imide groups is 1. The Kier molecular flexibility index (Phi) is 7.25. The van der Waals surface area contributed by atoms with Gasteiger partial charge in [-0.05, 0) is 60.7 Å². The summed E-state index contributed by atoms with van der Waals surface area (Å²) in [5, 5.41) is 3.42. The maximum absolute atomic E-state index is 12.9. The van der Waals surface area contributed by atoms with E-state index in [0.29, 0.717) is 29.4 Å². The number of urea groups is 1. The topological polar surface area (TPSA) is 117 Å². The van der Waals surface area contributed by atoms with Gasteiger partial charge in [0.05, 0.1) is 0 Å². The molecular weight excluding hydrogens is 472 g/mol. The standard InChI is InChI=1S/C25H27ClN4O5/c1-16-4-2-3-13-25(16)23(33)30(24(34)27-25)14-21(31)28-29-22(32)18-7-5-17(6-8-18)15-35-20-11-9-19(26)10-12-20/h5-12,16H,2-4,13-15H2,1H3,(H,27,34)(H,28,31)(H,29,32). The van der Waals surface area contributed by atoms with Crippen molar-refractivity contribution in [2.75, 3.05) is 6.54 Å². The molecule has 1 saturated heterocycles. The van der Waals surface area contributed by atoms with Gasteiger partial charge in [-0.1, -0.05) is 43.5 Å². The monoisotopic (exact) mass is 498 g/mol. The van der Waals surface area contributed by atoms with Gasteiger partial charge in [0.15, 0.2) is 0 Å². The summed E-state index contributed by atoms with van der Waals surface area (Å²) in [6, 6.07) is 13.1. The van der Waals surface area contributed by atoms with E-state index in [1.165, 1.54) is 0 Å². The Morgan fingerprint density at radius 1 is 1.09 bits per heavy atom. The second-order valence-corrected chi connectivity index (χ2v) is 9.32. The summed E-state index contributed by atoms with van der Waals surface area (Å²) < 4.78 is 5.67. The van der Waals surface area contributed by atoms with E-state index >= 15 is 0 Å².